The summed E-state index contributed by atoms with van der Waals surface area (Å²) in [6.45, 7) is 8.15. The second-order valence-electron chi connectivity index (χ2n) is 5.74. The highest BCUT2D eigenvalue weighted by Crippen LogP contribution is 2.22. The minimum atomic E-state index is -3.40. The number of aryl methyl sites for hydroxylation is 1. The van der Waals surface area contributed by atoms with E-state index in [9.17, 15) is 8.42 Å². The molecule has 2 rings (SSSR count). The van der Waals surface area contributed by atoms with Crippen molar-refractivity contribution in [1.29, 1.82) is 0 Å². The van der Waals surface area contributed by atoms with E-state index in [2.05, 4.69) is 29.1 Å². The maximum Gasteiger partial charge on any atom is 0.260 e. The lowest BCUT2D eigenvalue weighted by atomic mass is 9.98. The second-order valence-corrected chi connectivity index (χ2v) is 7.65. The minimum Gasteiger partial charge on any atom is -0.332 e. The highest BCUT2D eigenvalue weighted by atomic mass is 32.2. The molecule has 2 N–H and O–H groups in total. The first kappa shape index (κ1) is 15.5. The fraction of sp³-hybridized carbons (Fsp3) is 0.769. The molecule has 0 saturated carbocycles. The minimum absolute atomic E-state index is 0.203. The Kier molecular flexibility index (Phi) is 4.82. The summed E-state index contributed by atoms with van der Waals surface area (Å²) in [6.07, 6.45) is 3.22. The Morgan fingerprint density at radius 2 is 2.10 bits per heavy atom. The molecule has 1 aromatic rings. The smallest absolute Gasteiger partial charge is 0.260 e. The number of aromatic nitrogens is 2. The number of nitrogens with one attached hydrogen (secondary N) is 2. The SMILES string of the molecule is Cc1ncc(S(=O)(=O)N2CCC(CNC(C)C)CC2)[nH]1. The number of H-pyrrole nitrogens is 1. The molecular formula is C13H24N4O2S. The Labute approximate surface area is 121 Å². The third kappa shape index (κ3) is 3.59. The van der Waals surface area contributed by atoms with E-state index in [4.69, 9.17) is 0 Å². The fourth-order valence-electron chi connectivity index (χ4n) is 2.42. The van der Waals surface area contributed by atoms with Crippen molar-refractivity contribution in [2.45, 2.75) is 44.7 Å². The summed E-state index contributed by atoms with van der Waals surface area (Å²) < 4.78 is 26.4. The van der Waals surface area contributed by atoms with E-state index in [1.165, 1.54) is 6.20 Å². The van der Waals surface area contributed by atoms with Crippen LogP contribution in [0, 0.1) is 12.8 Å². The average Bonchev–Trinajstić information content (AvgIpc) is 2.84. The Morgan fingerprint density at radius 1 is 1.45 bits per heavy atom. The van der Waals surface area contributed by atoms with Crippen LogP contribution < -0.4 is 5.32 Å². The van der Waals surface area contributed by atoms with Crippen LogP contribution >= 0.6 is 0 Å². The quantitative estimate of drug-likeness (QED) is 0.854. The maximum absolute atomic E-state index is 12.4. The predicted octanol–water partition coefficient (Wildman–Crippen LogP) is 1.12. The van der Waals surface area contributed by atoms with Gasteiger partial charge in [-0.3, -0.25) is 0 Å². The van der Waals surface area contributed by atoms with Gasteiger partial charge >= 0.3 is 0 Å². The molecule has 6 nitrogen and oxygen atoms in total. The normalized spacial score (nSPS) is 18.8. The van der Waals surface area contributed by atoms with Gasteiger partial charge in [0.25, 0.3) is 10.0 Å². The Bertz CT molecular complexity index is 530. The number of piperidine rings is 1. The first-order valence-corrected chi connectivity index (χ1v) is 8.58. The van der Waals surface area contributed by atoms with Crippen LogP contribution in [-0.4, -0.2) is 48.4 Å². The molecule has 1 fully saturated rings. The van der Waals surface area contributed by atoms with Crippen LogP contribution in [0.4, 0.5) is 0 Å². The largest absolute Gasteiger partial charge is 0.332 e. The van der Waals surface area contributed by atoms with Crippen molar-refractivity contribution in [3.8, 4) is 0 Å². The number of hydrogen-bond acceptors (Lipinski definition) is 4. The van der Waals surface area contributed by atoms with Crippen molar-refractivity contribution >= 4 is 10.0 Å². The maximum atomic E-state index is 12.4. The van der Waals surface area contributed by atoms with Gasteiger partial charge in [0.1, 0.15) is 5.82 Å². The van der Waals surface area contributed by atoms with E-state index in [0.717, 1.165) is 19.4 Å². The second kappa shape index (κ2) is 6.24. The summed E-state index contributed by atoms with van der Waals surface area (Å²) in [5, 5.41) is 3.62. The zero-order valence-corrected chi connectivity index (χ0v) is 13.2. The van der Waals surface area contributed by atoms with Gasteiger partial charge in [0.15, 0.2) is 5.03 Å². The Hall–Kier alpha value is -0.920. The molecule has 0 atom stereocenters. The number of aromatic amines is 1. The van der Waals surface area contributed by atoms with E-state index in [1.807, 2.05) is 0 Å². The van der Waals surface area contributed by atoms with Crippen LogP contribution in [0.2, 0.25) is 0 Å². The van der Waals surface area contributed by atoms with Crippen LogP contribution in [0.3, 0.4) is 0 Å². The zero-order chi connectivity index (χ0) is 14.8. The molecule has 1 aliphatic rings. The molecule has 0 unspecified atom stereocenters. The van der Waals surface area contributed by atoms with E-state index < -0.39 is 10.0 Å². The molecule has 0 bridgehead atoms. The lowest BCUT2D eigenvalue weighted by Gasteiger charge is -2.31. The number of sulfonamides is 1. The monoisotopic (exact) mass is 300 g/mol. The van der Waals surface area contributed by atoms with Crippen molar-refractivity contribution in [2.24, 2.45) is 5.92 Å². The van der Waals surface area contributed by atoms with Gasteiger partial charge in [0, 0.05) is 19.1 Å². The van der Waals surface area contributed by atoms with Crippen molar-refractivity contribution in [1.82, 2.24) is 19.6 Å². The summed E-state index contributed by atoms with van der Waals surface area (Å²) in [7, 11) is -3.40. The highest BCUT2D eigenvalue weighted by Gasteiger charge is 2.30. The lowest BCUT2D eigenvalue weighted by Crippen LogP contribution is -2.41. The number of nitrogens with zero attached hydrogens (tertiary/aromatic N) is 2. The van der Waals surface area contributed by atoms with E-state index in [-0.39, 0.29) is 5.03 Å². The molecule has 0 aliphatic carbocycles. The van der Waals surface area contributed by atoms with E-state index in [0.29, 0.717) is 30.9 Å². The summed E-state index contributed by atoms with van der Waals surface area (Å²) in [4.78, 5) is 6.78. The molecule has 1 aromatic heterocycles. The summed E-state index contributed by atoms with van der Waals surface area (Å²) in [5.74, 6) is 1.19. The van der Waals surface area contributed by atoms with Crippen molar-refractivity contribution < 1.29 is 8.42 Å². The topological polar surface area (TPSA) is 78.1 Å². The molecule has 20 heavy (non-hydrogen) atoms. The first-order chi connectivity index (χ1) is 9.39. The van der Waals surface area contributed by atoms with Gasteiger partial charge in [0.05, 0.1) is 6.20 Å². The number of imidazole rings is 1. The first-order valence-electron chi connectivity index (χ1n) is 7.14. The summed E-state index contributed by atoms with van der Waals surface area (Å²) in [5.41, 5.74) is 0. The van der Waals surface area contributed by atoms with Gasteiger partial charge in [-0.05, 0) is 32.2 Å². The molecule has 7 heteroatoms. The fourth-order valence-corrected chi connectivity index (χ4v) is 3.86. The van der Waals surface area contributed by atoms with Crippen LogP contribution in [0.1, 0.15) is 32.5 Å². The third-order valence-corrected chi connectivity index (χ3v) is 5.49. The van der Waals surface area contributed by atoms with Crippen LogP contribution in [0.5, 0.6) is 0 Å². The highest BCUT2D eigenvalue weighted by molar-refractivity contribution is 7.89. The van der Waals surface area contributed by atoms with Gasteiger partial charge < -0.3 is 10.3 Å². The Balaban J connectivity index is 1.93. The lowest BCUT2D eigenvalue weighted by molar-refractivity contribution is 0.263. The van der Waals surface area contributed by atoms with Crippen molar-refractivity contribution in [3.63, 3.8) is 0 Å². The van der Waals surface area contributed by atoms with Gasteiger partial charge in [-0.25, -0.2) is 13.4 Å². The van der Waals surface area contributed by atoms with Crippen LogP contribution in [-0.2, 0) is 10.0 Å². The molecule has 0 radical (unpaired) electrons. The standard InChI is InChI=1S/C13H24N4O2S/c1-10(2)14-8-12-4-6-17(7-5-12)20(18,19)13-9-15-11(3)16-13/h9-10,12,14H,4-8H2,1-3H3,(H,15,16). The van der Waals surface area contributed by atoms with Gasteiger partial charge in [-0.1, -0.05) is 13.8 Å². The number of hydrogen-bond donors (Lipinski definition) is 2. The Morgan fingerprint density at radius 3 is 2.60 bits per heavy atom. The molecular weight excluding hydrogens is 276 g/mol. The molecule has 114 valence electrons. The van der Waals surface area contributed by atoms with Crippen LogP contribution in [0.15, 0.2) is 11.2 Å². The van der Waals surface area contributed by atoms with E-state index in [1.54, 1.807) is 11.2 Å². The number of rotatable bonds is 5. The molecule has 0 amide bonds. The summed E-state index contributed by atoms with van der Waals surface area (Å²) >= 11 is 0. The molecule has 2 heterocycles. The average molecular weight is 300 g/mol. The van der Waals surface area contributed by atoms with Crippen molar-refractivity contribution in [2.75, 3.05) is 19.6 Å². The summed E-state index contributed by atoms with van der Waals surface area (Å²) in [6, 6.07) is 0.477. The third-order valence-electron chi connectivity index (χ3n) is 3.69. The van der Waals surface area contributed by atoms with Gasteiger partial charge in [0.2, 0.25) is 0 Å². The molecule has 0 aromatic carbocycles. The van der Waals surface area contributed by atoms with Crippen LogP contribution in [0.25, 0.3) is 0 Å². The van der Waals surface area contributed by atoms with Gasteiger partial charge in [-0.15, -0.1) is 0 Å². The molecule has 1 aliphatic heterocycles. The van der Waals surface area contributed by atoms with Gasteiger partial charge in [-0.2, -0.15) is 4.31 Å². The molecule has 0 spiro atoms. The zero-order valence-electron chi connectivity index (χ0n) is 12.4. The molecule has 1 saturated heterocycles. The van der Waals surface area contributed by atoms with Crippen molar-refractivity contribution in [3.05, 3.63) is 12.0 Å². The predicted molar refractivity (Wildman–Crippen MR) is 77.9 cm³/mol. The van der Waals surface area contributed by atoms with E-state index >= 15 is 0 Å².